The Balaban J connectivity index is 2.84. The highest BCUT2D eigenvalue weighted by Gasteiger charge is 1.84. The third-order valence-corrected chi connectivity index (χ3v) is 1.37. The lowest BCUT2D eigenvalue weighted by Crippen LogP contribution is -2.33. The molecule has 2 N–H and O–H groups in total. The van der Waals surface area contributed by atoms with E-state index in [0.29, 0.717) is 6.54 Å². The Kier molecular flexibility index (Phi) is 7.16. The van der Waals surface area contributed by atoms with Crippen LogP contribution in [0.4, 0.5) is 0 Å². The molecular weight excluding hydrogens is 152 g/mol. The molecule has 0 saturated carbocycles. The van der Waals surface area contributed by atoms with Crippen LogP contribution in [0.2, 0.25) is 0 Å². The van der Waals surface area contributed by atoms with Gasteiger partial charge in [-0.2, -0.15) is 4.83 Å². The molecule has 0 bridgehead atoms. The molecule has 0 rings (SSSR count). The van der Waals surface area contributed by atoms with Gasteiger partial charge in [0.25, 0.3) is 0 Å². The standard InChI is InChI=1S/C5H14N2O2S/c1-2-3-4-5-6-7-10(8)9/h6-7H,2-5H2,1H3,(H,8,9)/p-1. The van der Waals surface area contributed by atoms with Gasteiger partial charge >= 0.3 is 0 Å². The van der Waals surface area contributed by atoms with Crippen molar-refractivity contribution in [1.82, 2.24) is 10.3 Å². The molecule has 10 heavy (non-hydrogen) atoms. The zero-order valence-electron chi connectivity index (χ0n) is 6.05. The van der Waals surface area contributed by atoms with Gasteiger partial charge in [-0.15, -0.1) is 0 Å². The van der Waals surface area contributed by atoms with Crippen molar-refractivity contribution in [3.05, 3.63) is 0 Å². The van der Waals surface area contributed by atoms with E-state index in [4.69, 9.17) is 0 Å². The van der Waals surface area contributed by atoms with Gasteiger partial charge in [-0.25, -0.2) is 5.43 Å². The molecule has 0 aromatic rings. The van der Waals surface area contributed by atoms with Gasteiger partial charge in [0.15, 0.2) is 0 Å². The van der Waals surface area contributed by atoms with E-state index in [2.05, 4.69) is 17.2 Å². The molecule has 0 radical (unpaired) electrons. The molecule has 0 aliphatic rings. The average molecular weight is 165 g/mol. The summed E-state index contributed by atoms with van der Waals surface area (Å²) in [6.07, 6.45) is 3.27. The molecule has 62 valence electrons. The molecule has 0 aromatic carbocycles. The van der Waals surface area contributed by atoms with Crippen LogP contribution < -0.4 is 10.3 Å². The fraction of sp³-hybridized carbons (Fsp3) is 1.00. The minimum Gasteiger partial charge on any atom is -0.759 e. The summed E-state index contributed by atoms with van der Waals surface area (Å²) < 4.78 is 19.7. The van der Waals surface area contributed by atoms with E-state index in [0.717, 1.165) is 19.3 Å². The highest BCUT2D eigenvalue weighted by Crippen LogP contribution is 1.89. The molecular formula is C5H13N2O2S-. The molecule has 1 unspecified atom stereocenters. The van der Waals surface area contributed by atoms with E-state index in [1.807, 2.05) is 0 Å². The Bertz CT molecular complexity index is 99.6. The summed E-state index contributed by atoms with van der Waals surface area (Å²) in [5.41, 5.74) is 2.56. The van der Waals surface area contributed by atoms with Gasteiger partial charge in [0, 0.05) is 17.8 Å². The van der Waals surface area contributed by atoms with Crippen molar-refractivity contribution in [3.63, 3.8) is 0 Å². The van der Waals surface area contributed by atoms with Crippen LogP contribution in [0.15, 0.2) is 0 Å². The Labute approximate surface area is 63.8 Å². The second-order valence-corrected chi connectivity index (χ2v) is 2.64. The van der Waals surface area contributed by atoms with Crippen molar-refractivity contribution < 1.29 is 8.76 Å². The molecule has 0 aliphatic carbocycles. The minimum absolute atomic E-state index is 0.696. The van der Waals surface area contributed by atoms with Crippen LogP contribution in [0.5, 0.6) is 0 Å². The van der Waals surface area contributed by atoms with Crippen LogP contribution in [0, 0.1) is 0 Å². The third kappa shape index (κ3) is 8.03. The number of hydrogen-bond donors (Lipinski definition) is 2. The summed E-state index contributed by atoms with van der Waals surface area (Å²) in [5.74, 6) is 0. The highest BCUT2D eigenvalue weighted by atomic mass is 32.2. The minimum atomic E-state index is -2.18. The van der Waals surface area contributed by atoms with Crippen molar-refractivity contribution in [2.24, 2.45) is 0 Å². The summed E-state index contributed by atoms with van der Waals surface area (Å²) in [6.45, 7) is 2.79. The number of hydrazine groups is 1. The number of rotatable bonds is 6. The summed E-state index contributed by atoms with van der Waals surface area (Å²) in [5, 5.41) is 0. The molecule has 0 fully saturated rings. The average Bonchev–Trinajstić information content (AvgIpc) is 1.87. The van der Waals surface area contributed by atoms with Crippen molar-refractivity contribution in [1.29, 1.82) is 0 Å². The molecule has 5 heteroatoms. The van der Waals surface area contributed by atoms with Gasteiger partial charge in [-0.05, 0) is 6.42 Å². The lowest BCUT2D eigenvalue weighted by molar-refractivity contribution is 0.499. The fourth-order valence-corrected chi connectivity index (χ4v) is 0.793. The van der Waals surface area contributed by atoms with Gasteiger partial charge in [-0.1, -0.05) is 19.8 Å². The molecule has 0 aromatic heterocycles. The molecule has 4 nitrogen and oxygen atoms in total. The van der Waals surface area contributed by atoms with Crippen molar-refractivity contribution in [3.8, 4) is 0 Å². The topological polar surface area (TPSA) is 64.2 Å². The van der Waals surface area contributed by atoms with E-state index >= 15 is 0 Å². The lowest BCUT2D eigenvalue weighted by Gasteiger charge is -2.07. The van der Waals surface area contributed by atoms with E-state index in [9.17, 15) is 8.76 Å². The zero-order valence-corrected chi connectivity index (χ0v) is 6.87. The molecule has 0 saturated heterocycles. The normalized spacial score (nSPS) is 13.4. The number of nitrogens with one attached hydrogen (secondary N) is 2. The fourth-order valence-electron chi connectivity index (χ4n) is 0.573. The van der Waals surface area contributed by atoms with Crippen LogP contribution in [-0.2, 0) is 11.3 Å². The van der Waals surface area contributed by atoms with Crippen LogP contribution in [0.1, 0.15) is 26.2 Å². The van der Waals surface area contributed by atoms with Gasteiger partial charge in [-0.3, -0.25) is 4.21 Å². The Morgan fingerprint density at radius 2 is 2.20 bits per heavy atom. The molecule has 0 spiro atoms. The maximum Gasteiger partial charge on any atom is 0.0324 e. The van der Waals surface area contributed by atoms with Gasteiger partial charge in [0.1, 0.15) is 0 Å². The maximum absolute atomic E-state index is 9.86. The predicted octanol–water partition coefficient (Wildman–Crippen LogP) is 0.0649. The van der Waals surface area contributed by atoms with Crippen molar-refractivity contribution in [2.45, 2.75) is 26.2 Å². The Hall–Kier alpha value is 0.0300. The van der Waals surface area contributed by atoms with Gasteiger partial charge < -0.3 is 4.55 Å². The van der Waals surface area contributed by atoms with Crippen molar-refractivity contribution >= 4 is 11.3 Å². The first-order chi connectivity index (χ1) is 4.77. The summed E-state index contributed by atoms with van der Waals surface area (Å²) in [4.78, 5) is 2.07. The predicted molar refractivity (Wildman–Crippen MR) is 39.6 cm³/mol. The SMILES string of the molecule is CCCCCNNS(=O)[O-]. The second-order valence-electron chi connectivity index (χ2n) is 1.97. The van der Waals surface area contributed by atoms with E-state index in [-0.39, 0.29) is 0 Å². The maximum atomic E-state index is 9.86. The third-order valence-electron chi connectivity index (χ3n) is 1.06. The molecule has 0 heterocycles. The quantitative estimate of drug-likeness (QED) is 0.332. The Morgan fingerprint density at radius 1 is 1.50 bits per heavy atom. The van der Waals surface area contributed by atoms with Gasteiger partial charge in [0.05, 0.1) is 0 Å². The molecule has 1 atom stereocenters. The van der Waals surface area contributed by atoms with E-state index in [1.165, 1.54) is 0 Å². The smallest absolute Gasteiger partial charge is 0.0324 e. The number of hydrogen-bond acceptors (Lipinski definition) is 3. The van der Waals surface area contributed by atoms with Crippen LogP contribution in [-0.4, -0.2) is 15.3 Å². The highest BCUT2D eigenvalue weighted by molar-refractivity contribution is 7.76. The monoisotopic (exact) mass is 165 g/mol. The zero-order chi connectivity index (χ0) is 7.82. The van der Waals surface area contributed by atoms with E-state index in [1.54, 1.807) is 0 Å². The van der Waals surface area contributed by atoms with E-state index < -0.39 is 11.3 Å². The van der Waals surface area contributed by atoms with Crippen molar-refractivity contribution in [2.75, 3.05) is 6.54 Å². The van der Waals surface area contributed by atoms with Gasteiger partial charge in [0.2, 0.25) is 0 Å². The van der Waals surface area contributed by atoms with Crippen LogP contribution in [0.25, 0.3) is 0 Å². The lowest BCUT2D eigenvalue weighted by atomic mass is 10.3. The first-order valence-electron chi connectivity index (χ1n) is 3.35. The molecule has 0 amide bonds. The number of unbranched alkanes of at least 4 members (excludes halogenated alkanes) is 2. The van der Waals surface area contributed by atoms with Crippen LogP contribution in [0.3, 0.4) is 0 Å². The largest absolute Gasteiger partial charge is 0.759 e. The summed E-state index contributed by atoms with van der Waals surface area (Å²) >= 11 is -2.18. The first kappa shape index (κ1) is 10.0. The summed E-state index contributed by atoms with van der Waals surface area (Å²) in [7, 11) is 0. The first-order valence-corrected chi connectivity index (χ1v) is 4.42. The second kappa shape index (κ2) is 7.14. The Morgan fingerprint density at radius 3 is 2.70 bits per heavy atom. The summed E-state index contributed by atoms with van der Waals surface area (Å²) in [6, 6.07) is 0. The van der Waals surface area contributed by atoms with Crippen LogP contribution >= 0.6 is 0 Å². The molecule has 0 aliphatic heterocycles.